The van der Waals surface area contributed by atoms with E-state index in [1.807, 2.05) is 4.68 Å². The highest BCUT2D eigenvalue weighted by molar-refractivity contribution is 5.78. The highest BCUT2D eigenvalue weighted by atomic mass is 19.1. The number of carbonyl (C=O) groups excluding carboxylic acids is 1. The van der Waals surface area contributed by atoms with E-state index in [1.54, 1.807) is 12.1 Å². The number of hydrogen-bond donors (Lipinski definition) is 1. The molecule has 23 heavy (non-hydrogen) atoms. The molecule has 1 fully saturated rings. The highest BCUT2D eigenvalue weighted by Gasteiger charge is 2.20. The molecule has 1 heterocycles. The van der Waals surface area contributed by atoms with Gasteiger partial charge in [-0.2, -0.15) is 0 Å². The average molecular weight is 317 g/mol. The smallest absolute Gasteiger partial charge is 0.224 e. The summed E-state index contributed by atoms with van der Waals surface area (Å²) in [7, 11) is 0. The van der Waals surface area contributed by atoms with E-state index < -0.39 is 0 Å². The third-order valence-electron chi connectivity index (χ3n) is 4.20. The lowest BCUT2D eigenvalue weighted by Crippen LogP contribution is -2.27. The zero-order valence-corrected chi connectivity index (χ0v) is 12.9. The maximum absolute atomic E-state index is 12.9. The van der Waals surface area contributed by atoms with E-state index in [9.17, 15) is 9.18 Å². The van der Waals surface area contributed by atoms with Crippen LogP contribution < -0.4 is 5.32 Å². The van der Waals surface area contributed by atoms with Crippen molar-refractivity contribution in [3.05, 3.63) is 41.5 Å². The normalized spacial score (nSPS) is 15.5. The molecular weight excluding hydrogens is 297 g/mol. The van der Waals surface area contributed by atoms with E-state index >= 15 is 0 Å². The molecular formula is C16H20FN5O. The molecule has 1 aromatic carbocycles. The number of tetrazole rings is 1. The molecule has 6 nitrogen and oxygen atoms in total. The summed E-state index contributed by atoms with van der Waals surface area (Å²) in [5.41, 5.74) is 0.774. The SMILES string of the molecule is O=C(Cc1ccc(F)cc1)NCc1nnnn1C1CCCCC1. The van der Waals surface area contributed by atoms with Gasteiger partial charge in [0.2, 0.25) is 5.91 Å². The largest absolute Gasteiger partial charge is 0.348 e. The Kier molecular flexibility index (Phi) is 4.95. The van der Waals surface area contributed by atoms with Crippen LogP contribution in [0.1, 0.15) is 49.5 Å². The van der Waals surface area contributed by atoms with Gasteiger partial charge in [-0.05, 0) is 41.0 Å². The summed E-state index contributed by atoms with van der Waals surface area (Å²) in [6.07, 6.45) is 6.04. The molecule has 1 saturated carbocycles. The van der Waals surface area contributed by atoms with Crippen LogP contribution in [0.3, 0.4) is 0 Å². The predicted molar refractivity (Wildman–Crippen MR) is 81.9 cm³/mol. The Hall–Kier alpha value is -2.31. The third-order valence-corrected chi connectivity index (χ3v) is 4.20. The first kappa shape index (κ1) is 15.6. The molecule has 0 spiro atoms. The van der Waals surface area contributed by atoms with Crippen molar-refractivity contribution < 1.29 is 9.18 Å². The summed E-state index contributed by atoms with van der Waals surface area (Å²) in [4.78, 5) is 12.0. The van der Waals surface area contributed by atoms with Crippen molar-refractivity contribution >= 4 is 5.91 Å². The average Bonchev–Trinajstić information content (AvgIpc) is 3.04. The fourth-order valence-electron chi connectivity index (χ4n) is 2.97. The Morgan fingerprint density at radius 3 is 2.70 bits per heavy atom. The van der Waals surface area contributed by atoms with Gasteiger partial charge < -0.3 is 5.32 Å². The lowest BCUT2D eigenvalue weighted by atomic mass is 9.95. The molecule has 0 bridgehead atoms. The molecule has 2 aromatic rings. The van der Waals surface area contributed by atoms with Gasteiger partial charge >= 0.3 is 0 Å². The first-order valence-corrected chi connectivity index (χ1v) is 8.00. The highest BCUT2D eigenvalue weighted by Crippen LogP contribution is 2.27. The van der Waals surface area contributed by atoms with Gasteiger partial charge in [0.25, 0.3) is 0 Å². The van der Waals surface area contributed by atoms with E-state index in [0.29, 0.717) is 18.4 Å². The molecule has 122 valence electrons. The van der Waals surface area contributed by atoms with Crippen LogP contribution >= 0.6 is 0 Å². The quantitative estimate of drug-likeness (QED) is 0.917. The Labute approximate surface area is 134 Å². The van der Waals surface area contributed by atoms with Crippen LogP contribution in [0.5, 0.6) is 0 Å². The lowest BCUT2D eigenvalue weighted by Gasteiger charge is -2.22. The molecule has 1 amide bonds. The summed E-state index contributed by atoms with van der Waals surface area (Å²) in [5.74, 6) is 0.250. The minimum absolute atomic E-state index is 0.130. The number of carbonyl (C=O) groups is 1. The van der Waals surface area contributed by atoms with Crippen molar-refractivity contribution in [2.75, 3.05) is 0 Å². The predicted octanol–water partition coefficient (Wildman–Crippen LogP) is 2.18. The number of rotatable bonds is 5. The van der Waals surface area contributed by atoms with Crippen molar-refractivity contribution in [2.24, 2.45) is 0 Å². The second kappa shape index (κ2) is 7.30. The lowest BCUT2D eigenvalue weighted by molar-refractivity contribution is -0.120. The van der Waals surface area contributed by atoms with E-state index in [2.05, 4.69) is 20.8 Å². The number of halogens is 1. The molecule has 0 unspecified atom stereocenters. The van der Waals surface area contributed by atoms with Crippen molar-refractivity contribution in [3.63, 3.8) is 0 Å². The first-order chi connectivity index (χ1) is 11.2. The van der Waals surface area contributed by atoms with E-state index in [-0.39, 0.29) is 18.1 Å². The Bertz CT molecular complexity index is 649. The molecule has 3 rings (SSSR count). The van der Waals surface area contributed by atoms with Gasteiger partial charge in [0, 0.05) is 0 Å². The maximum Gasteiger partial charge on any atom is 0.224 e. The number of amides is 1. The van der Waals surface area contributed by atoms with Crippen LogP contribution in [-0.4, -0.2) is 26.1 Å². The summed E-state index contributed by atoms with van der Waals surface area (Å²) >= 11 is 0. The van der Waals surface area contributed by atoms with Gasteiger partial charge in [0.15, 0.2) is 5.82 Å². The fourth-order valence-corrected chi connectivity index (χ4v) is 2.97. The van der Waals surface area contributed by atoms with Gasteiger partial charge in [-0.25, -0.2) is 9.07 Å². The number of aromatic nitrogens is 4. The zero-order chi connectivity index (χ0) is 16.1. The molecule has 1 aromatic heterocycles. The Balaban J connectivity index is 1.55. The number of hydrogen-bond acceptors (Lipinski definition) is 4. The molecule has 7 heteroatoms. The Morgan fingerprint density at radius 1 is 1.22 bits per heavy atom. The van der Waals surface area contributed by atoms with Crippen LogP contribution in [-0.2, 0) is 17.8 Å². The van der Waals surface area contributed by atoms with E-state index in [1.165, 1.54) is 31.4 Å². The zero-order valence-electron chi connectivity index (χ0n) is 12.9. The van der Waals surface area contributed by atoms with E-state index in [4.69, 9.17) is 0 Å². The maximum atomic E-state index is 12.9. The van der Waals surface area contributed by atoms with Crippen LogP contribution in [0.4, 0.5) is 4.39 Å². The van der Waals surface area contributed by atoms with Gasteiger partial charge in [0.05, 0.1) is 19.0 Å². The minimum atomic E-state index is -0.305. The van der Waals surface area contributed by atoms with Gasteiger partial charge in [-0.15, -0.1) is 5.10 Å². The minimum Gasteiger partial charge on any atom is -0.348 e. The van der Waals surface area contributed by atoms with Crippen molar-refractivity contribution in [3.8, 4) is 0 Å². The van der Waals surface area contributed by atoms with Crippen molar-refractivity contribution in [1.82, 2.24) is 25.5 Å². The Morgan fingerprint density at radius 2 is 1.96 bits per heavy atom. The summed E-state index contributed by atoms with van der Waals surface area (Å²) < 4.78 is 14.7. The molecule has 0 aliphatic heterocycles. The fraction of sp³-hybridized carbons (Fsp3) is 0.500. The first-order valence-electron chi connectivity index (χ1n) is 8.00. The summed E-state index contributed by atoms with van der Waals surface area (Å²) in [5, 5.41) is 14.7. The van der Waals surface area contributed by atoms with Gasteiger partial charge in [-0.3, -0.25) is 4.79 Å². The molecule has 0 atom stereocenters. The standard InChI is InChI=1S/C16H20FN5O/c17-13-8-6-12(7-9-13)10-16(23)18-11-15-19-20-21-22(15)14-4-2-1-3-5-14/h6-9,14H,1-5,10-11H2,(H,18,23). The number of nitrogens with one attached hydrogen (secondary N) is 1. The second-order valence-electron chi connectivity index (χ2n) is 5.91. The third kappa shape index (κ3) is 4.12. The van der Waals surface area contributed by atoms with Crippen LogP contribution in [0.15, 0.2) is 24.3 Å². The van der Waals surface area contributed by atoms with Crippen molar-refractivity contribution in [2.45, 2.75) is 51.1 Å². The second-order valence-corrected chi connectivity index (χ2v) is 5.91. The molecule has 1 aliphatic carbocycles. The summed E-state index contributed by atoms with van der Waals surface area (Å²) in [6, 6.07) is 6.27. The van der Waals surface area contributed by atoms with Gasteiger partial charge in [0.1, 0.15) is 5.82 Å². The molecule has 0 radical (unpaired) electrons. The number of nitrogens with zero attached hydrogens (tertiary/aromatic N) is 4. The molecule has 0 saturated heterocycles. The monoisotopic (exact) mass is 317 g/mol. The topological polar surface area (TPSA) is 72.7 Å². The molecule has 1 aliphatic rings. The van der Waals surface area contributed by atoms with Crippen LogP contribution in [0, 0.1) is 5.82 Å². The van der Waals surface area contributed by atoms with E-state index in [0.717, 1.165) is 18.4 Å². The number of benzene rings is 1. The van der Waals surface area contributed by atoms with Crippen molar-refractivity contribution in [1.29, 1.82) is 0 Å². The van der Waals surface area contributed by atoms with Crippen LogP contribution in [0.25, 0.3) is 0 Å². The summed E-state index contributed by atoms with van der Waals surface area (Å²) in [6.45, 7) is 0.309. The van der Waals surface area contributed by atoms with Gasteiger partial charge in [-0.1, -0.05) is 31.4 Å². The molecule has 1 N–H and O–H groups in total. The van der Waals surface area contributed by atoms with Crippen LogP contribution in [0.2, 0.25) is 0 Å².